The number of para-hydroxylation sites is 1. The molecular weight excluding hydrogens is 294 g/mol. The number of methoxy groups -OCH3 is 1. The van der Waals surface area contributed by atoms with Crippen molar-refractivity contribution in [2.75, 3.05) is 13.7 Å². The number of hydrogen-bond donors (Lipinski definition) is 1. The van der Waals surface area contributed by atoms with Gasteiger partial charge in [-0.2, -0.15) is 0 Å². The van der Waals surface area contributed by atoms with Gasteiger partial charge >= 0.3 is 0 Å². The molecule has 0 aliphatic carbocycles. The number of ether oxygens (including phenoxy) is 1. The van der Waals surface area contributed by atoms with E-state index in [9.17, 15) is 4.79 Å². The van der Waals surface area contributed by atoms with Crippen molar-refractivity contribution in [3.63, 3.8) is 0 Å². The second kappa shape index (κ2) is 7.45. The molecular formula is C18H23NO2S. The summed E-state index contributed by atoms with van der Waals surface area (Å²) < 4.78 is 5.26. The predicted molar refractivity (Wildman–Crippen MR) is 91.9 cm³/mol. The van der Waals surface area contributed by atoms with Gasteiger partial charge in [0.05, 0.1) is 12.7 Å². The zero-order valence-electron chi connectivity index (χ0n) is 13.4. The van der Waals surface area contributed by atoms with Crippen LogP contribution in [0.2, 0.25) is 0 Å². The third-order valence-electron chi connectivity index (χ3n) is 4.34. The summed E-state index contributed by atoms with van der Waals surface area (Å²) >= 11 is 1.76. The number of hydrogen-bond acceptors (Lipinski definition) is 3. The molecule has 118 valence electrons. The third-order valence-corrected chi connectivity index (χ3v) is 5.45. The Kier molecular flexibility index (Phi) is 5.61. The van der Waals surface area contributed by atoms with Crippen LogP contribution in [0.1, 0.15) is 41.9 Å². The van der Waals surface area contributed by atoms with Crippen LogP contribution >= 0.6 is 11.3 Å². The molecule has 0 fully saturated rings. The van der Waals surface area contributed by atoms with Crippen LogP contribution in [0.4, 0.5) is 0 Å². The molecule has 1 aromatic carbocycles. The maximum absolute atomic E-state index is 12.5. The summed E-state index contributed by atoms with van der Waals surface area (Å²) in [7, 11) is 1.58. The Bertz CT molecular complexity index is 603. The van der Waals surface area contributed by atoms with Gasteiger partial charge in [-0.1, -0.05) is 32.0 Å². The minimum absolute atomic E-state index is 0.00580. The second-order valence-electron chi connectivity index (χ2n) is 5.35. The van der Waals surface area contributed by atoms with Gasteiger partial charge in [0.25, 0.3) is 5.91 Å². The van der Waals surface area contributed by atoms with Gasteiger partial charge in [0, 0.05) is 16.8 Å². The first kappa shape index (κ1) is 16.6. The number of carbonyl (C=O) groups is 1. The molecule has 0 unspecified atom stereocenters. The zero-order chi connectivity index (χ0) is 16.0. The summed E-state index contributed by atoms with van der Waals surface area (Å²) in [6.45, 7) is 4.99. The van der Waals surface area contributed by atoms with Crippen molar-refractivity contribution in [1.29, 1.82) is 0 Å². The molecule has 1 amide bonds. The normalized spacial score (nSPS) is 11.2. The summed E-state index contributed by atoms with van der Waals surface area (Å²) in [5.74, 6) is 0.523. The number of benzene rings is 1. The van der Waals surface area contributed by atoms with Gasteiger partial charge in [-0.05, 0) is 36.4 Å². The molecule has 2 aromatic rings. The van der Waals surface area contributed by atoms with E-state index in [-0.39, 0.29) is 11.3 Å². The van der Waals surface area contributed by atoms with Crippen molar-refractivity contribution in [3.05, 3.63) is 52.2 Å². The van der Waals surface area contributed by atoms with E-state index in [1.807, 2.05) is 12.1 Å². The molecule has 0 atom stereocenters. The van der Waals surface area contributed by atoms with Crippen LogP contribution in [-0.4, -0.2) is 19.6 Å². The third kappa shape index (κ3) is 3.33. The summed E-state index contributed by atoms with van der Waals surface area (Å²) in [5.41, 5.74) is 0.587. The molecule has 0 saturated heterocycles. The van der Waals surface area contributed by atoms with E-state index in [0.29, 0.717) is 17.9 Å². The van der Waals surface area contributed by atoms with Crippen molar-refractivity contribution in [2.45, 2.75) is 32.1 Å². The molecule has 1 N–H and O–H groups in total. The Morgan fingerprint density at radius 2 is 1.91 bits per heavy atom. The number of carbonyl (C=O) groups excluding carboxylic acids is 1. The highest BCUT2D eigenvalue weighted by Gasteiger charge is 2.30. The van der Waals surface area contributed by atoms with E-state index < -0.39 is 0 Å². The maximum Gasteiger partial charge on any atom is 0.255 e. The maximum atomic E-state index is 12.5. The predicted octanol–water partition coefficient (Wildman–Crippen LogP) is 4.24. The molecule has 1 heterocycles. The number of nitrogens with one attached hydrogen (secondary N) is 1. The first-order valence-corrected chi connectivity index (χ1v) is 8.50. The van der Waals surface area contributed by atoms with Crippen LogP contribution < -0.4 is 10.1 Å². The molecule has 1 aromatic heterocycles. The average molecular weight is 317 g/mol. The lowest BCUT2D eigenvalue weighted by Crippen LogP contribution is -2.39. The monoisotopic (exact) mass is 317 g/mol. The Balaban J connectivity index is 2.15. The summed E-state index contributed by atoms with van der Waals surface area (Å²) in [5, 5.41) is 5.19. The Morgan fingerprint density at radius 1 is 1.18 bits per heavy atom. The van der Waals surface area contributed by atoms with Crippen molar-refractivity contribution < 1.29 is 9.53 Å². The largest absolute Gasteiger partial charge is 0.496 e. The molecule has 0 aliphatic rings. The van der Waals surface area contributed by atoms with E-state index in [1.54, 1.807) is 30.6 Å². The van der Waals surface area contributed by atoms with Crippen molar-refractivity contribution >= 4 is 17.2 Å². The second-order valence-corrected chi connectivity index (χ2v) is 6.30. The fourth-order valence-electron chi connectivity index (χ4n) is 2.69. The quantitative estimate of drug-likeness (QED) is 0.829. The fourth-order valence-corrected chi connectivity index (χ4v) is 3.76. The van der Waals surface area contributed by atoms with E-state index in [4.69, 9.17) is 4.74 Å². The zero-order valence-corrected chi connectivity index (χ0v) is 14.2. The van der Waals surface area contributed by atoms with E-state index in [1.165, 1.54) is 4.88 Å². The fraction of sp³-hybridized carbons (Fsp3) is 0.389. The van der Waals surface area contributed by atoms with Crippen LogP contribution in [0, 0.1) is 0 Å². The highest BCUT2D eigenvalue weighted by molar-refractivity contribution is 7.10. The summed E-state index contributed by atoms with van der Waals surface area (Å²) in [4.78, 5) is 13.8. The molecule has 4 heteroatoms. The minimum Gasteiger partial charge on any atom is -0.496 e. The SMILES string of the molecule is CCC(CC)(CNC(=O)c1ccccc1OC)c1cccs1. The molecule has 0 spiro atoms. The van der Waals surface area contributed by atoms with Gasteiger partial charge in [-0.25, -0.2) is 0 Å². The van der Waals surface area contributed by atoms with E-state index >= 15 is 0 Å². The van der Waals surface area contributed by atoms with Gasteiger partial charge in [0.2, 0.25) is 0 Å². The van der Waals surface area contributed by atoms with Crippen LogP contribution in [0.15, 0.2) is 41.8 Å². The number of amides is 1. The topological polar surface area (TPSA) is 38.3 Å². The lowest BCUT2D eigenvalue weighted by Gasteiger charge is -2.31. The average Bonchev–Trinajstić information content (AvgIpc) is 3.11. The number of rotatable bonds is 7. The molecule has 22 heavy (non-hydrogen) atoms. The Morgan fingerprint density at radius 3 is 2.50 bits per heavy atom. The van der Waals surface area contributed by atoms with Gasteiger partial charge in [-0.15, -0.1) is 11.3 Å². The highest BCUT2D eigenvalue weighted by Crippen LogP contribution is 2.34. The minimum atomic E-state index is -0.0831. The summed E-state index contributed by atoms with van der Waals surface area (Å²) in [6, 6.07) is 11.5. The Hall–Kier alpha value is -1.81. The standard InChI is InChI=1S/C18H23NO2S/c1-4-18(5-2,16-11-8-12-22-16)13-19-17(20)14-9-6-7-10-15(14)21-3/h6-12H,4-5,13H2,1-3H3,(H,19,20). The van der Waals surface area contributed by atoms with Crippen molar-refractivity contribution in [2.24, 2.45) is 0 Å². The molecule has 0 radical (unpaired) electrons. The van der Waals surface area contributed by atoms with Gasteiger partial charge in [-0.3, -0.25) is 4.79 Å². The molecule has 0 saturated carbocycles. The van der Waals surface area contributed by atoms with Gasteiger partial charge in [0.15, 0.2) is 0 Å². The molecule has 2 rings (SSSR count). The lowest BCUT2D eigenvalue weighted by atomic mass is 9.80. The van der Waals surface area contributed by atoms with Crippen LogP contribution in [-0.2, 0) is 5.41 Å². The Labute approximate surface area is 136 Å². The first-order valence-electron chi connectivity index (χ1n) is 7.62. The van der Waals surface area contributed by atoms with Crippen LogP contribution in [0.5, 0.6) is 5.75 Å². The van der Waals surface area contributed by atoms with Crippen molar-refractivity contribution in [3.8, 4) is 5.75 Å². The number of thiophene rings is 1. The van der Waals surface area contributed by atoms with Crippen LogP contribution in [0.25, 0.3) is 0 Å². The molecule has 0 bridgehead atoms. The van der Waals surface area contributed by atoms with E-state index in [0.717, 1.165) is 12.8 Å². The molecule has 3 nitrogen and oxygen atoms in total. The van der Waals surface area contributed by atoms with Gasteiger partial charge < -0.3 is 10.1 Å². The van der Waals surface area contributed by atoms with Crippen molar-refractivity contribution in [1.82, 2.24) is 5.32 Å². The van der Waals surface area contributed by atoms with E-state index in [2.05, 4.69) is 36.7 Å². The lowest BCUT2D eigenvalue weighted by molar-refractivity contribution is 0.0939. The summed E-state index contributed by atoms with van der Waals surface area (Å²) in [6.07, 6.45) is 1.99. The van der Waals surface area contributed by atoms with Gasteiger partial charge in [0.1, 0.15) is 5.75 Å². The smallest absolute Gasteiger partial charge is 0.255 e. The van der Waals surface area contributed by atoms with Crippen LogP contribution in [0.3, 0.4) is 0 Å². The highest BCUT2D eigenvalue weighted by atomic mass is 32.1. The molecule has 0 aliphatic heterocycles. The first-order chi connectivity index (χ1) is 10.7.